The lowest BCUT2D eigenvalue weighted by Gasteiger charge is -2.12. The van der Waals surface area contributed by atoms with Crippen LogP contribution in [0.25, 0.3) is 5.69 Å². The molecule has 1 aromatic carbocycles. The number of hydrogen-bond donors (Lipinski definition) is 1. The Morgan fingerprint density at radius 1 is 1.21 bits per heavy atom. The fourth-order valence-corrected chi connectivity index (χ4v) is 2.56. The summed E-state index contributed by atoms with van der Waals surface area (Å²) < 4.78 is 1.76. The van der Waals surface area contributed by atoms with E-state index in [0.29, 0.717) is 17.8 Å². The summed E-state index contributed by atoms with van der Waals surface area (Å²) in [6.45, 7) is 2.35. The molecule has 24 heavy (non-hydrogen) atoms. The van der Waals surface area contributed by atoms with Crippen molar-refractivity contribution in [1.29, 1.82) is 5.26 Å². The third kappa shape index (κ3) is 3.03. The molecule has 0 aliphatic carbocycles. The number of nitrogens with one attached hydrogen (secondary N) is 1. The normalized spacial score (nSPS) is 10.2. The number of para-hydroxylation sites is 1. The Balaban J connectivity index is 1.92. The first kappa shape index (κ1) is 15.5. The largest absolute Gasteiger partial charge is 0.347 e. The number of carbonyl (C=O) groups is 1. The Morgan fingerprint density at radius 2 is 1.96 bits per heavy atom. The summed E-state index contributed by atoms with van der Waals surface area (Å²) in [5.74, 6) is -0.281. The van der Waals surface area contributed by atoms with Gasteiger partial charge in [-0.05, 0) is 42.3 Å². The van der Waals surface area contributed by atoms with Crippen molar-refractivity contribution in [2.24, 2.45) is 0 Å². The molecular formula is C19H16N4O. The van der Waals surface area contributed by atoms with Crippen molar-refractivity contribution < 1.29 is 4.79 Å². The highest BCUT2D eigenvalue weighted by Crippen LogP contribution is 2.20. The summed E-state index contributed by atoms with van der Waals surface area (Å²) in [5, 5.41) is 12.2. The molecule has 1 N–H and O–H groups in total. The van der Waals surface area contributed by atoms with Crippen LogP contribution in [-0.2, 0) is 6.54 Å². The molecule has 0 atom stereocenters. The van der Waals surface area contributed by atoms with Gasteiger partial charge in [0, 0.05) is 30.8 Å². The van der Waals surface area contributed by atoms with E-state index in [2.05, 4.69) is 16.4 Å². The zero-order valence-electron chi connectivity index (χ0n) is 13.2. The van der Waals surface area contributed by atoms with Gasteiger partial charge in [-0.3, -0.25) is 9.78 Å². The Morgan fingerprint density at radius 3 is 2.67 bits per heavy atom. The van der Waals surface area contributed by atoms with E-state index >= 15 is 0 Å². The average Bonchev–Trinajstić information content (AvgIpc) is 3.05. The maximum Gasteiger partial charge on any atom is 0.269 e. The van der Waals surface area contributed by atoms with Gasteiger partial charge < -0.3 is 9.88 Å². The zero-order valence-corrected chi connectivity index (χ0v) is 13.2. The molecule has 0 unspecified atom stereocenters. The van der Waals surface area contributed by atoms with Gasteiger partial charge in [-0.2, -0.15) is 5.26 Å². The molecule has 1 amide bonds. The number of hydrogen-bond acceptors (Lipinski definition) is 3. The maximum absolute atomic E-state index is 12.7. The number of aromatic nitrogens is 2. The number of amides is 1. The molecule has 118 valence electrons. The summed E-state index contributed by atoms with van der Waals surface area (Å²) in [6, 6.07) is 15.2. The Kier molecular flexibility index (Phi) is 4.39. The second-order valence-corrected chi connectivity index (χ2v) is 5.38. The second kappa shape index (κ2) is 6.80. The van der Waals surface area contributed by atoms with Crippen LogP contribution in [-0.4, -0.2) is 15.5 Å². The lowest BCUT2D eigenvalue weighted by Crippen LogP contribution is -2.26. The van der Waals surface area contributed by atoms with E-state index in [0.717, 1.165) is 16.8 Å². The predicted molar refractivity (Wildman–Crippen MR) is 90.6 cm³/mol. The van der Waals surface area contributed by atoms with Crippen LogP contribution in [0, 0.1) is 18.3 Å². The van der Waals surface area contributed by atoms with Crippen LogP contribution in [0.4, 0.5) is 0 Å². The molecule has 0 spiro atoms. The quantitative estimate of drug-likeness (QED) is 0.804. The van der Waals surface area contributed by atoms with Gasteiger partial charge in [0.1, 0.15) is 11.8 Å². The van der Waals surface area contributed by atoms with Crippen LogP contribution in [0.5, 0.6) is 0 Å². The van der Waals surface area contributed by atoms with Gasteiger partial charge in [0.25, 0.3) is 5.91 Å². The Hall–Kier alpha value is -3.39. The van der Waals surface area contributed by atoms with E-state index in [-0.39, 0.29) is 5.91 Å². The van der Waals surface area contributed by atoms with E-state index < -0.39 is 0 Å². The highest BCUT2D eigenvalue weighted by Gasteiger charge is 2.18. The first-order valence-electron chi connectivity index (χ1n) is 7.55. The number of aryl methyl sites for hydroxylation is 1. The van der Waals surface area contributed by atoms with Crippen molar-refractivity contribution in [3.05, 3.63) is 83.4 Å². The SMILES string of the molecule is Cc1ccccc1-n1ccc(C#N)c1C(=O)NCc1ccncc1. The molecule has 0 bridgehead atoms. The minimum atomic E-state index is -0.281. The topological polar surface area (TPSA) is 70.7 Å². The highest BCUT2D eigenvalue weighted by atomic mass is 16.1. The van der Waals surface area contributed by atoms with Gasteiger partial charge in [-0.25, -0.2) is 0 Å². The number of benzene rings is 1. The molecular weight excluding hydrogens is 300 g/mol. The summed E-state index contributed by atoms with van der Waals surface area (Å²) in [6.07, 6.45) is 5.11. The van der Waals surface area contributed by atoms with E-state index in [4.69, 9.17) is 0 Å². The first-order chi connectivity index (χ1) is 11.7. The number of pyridine rings is 1. The van der Waals surface area contributed by atoms with Gasteiger partial charge in [0.15, 0.2) is 0 Å². The standard InChI is InChI=1S/C19H16N4O/c1-14-4-2-3-5-17(14)23-11-8-16(12-20)18(23)19(24)22-13-15-6-9-21-10-7-15/h2-11H,13H2,1H3,(H,22,24). The Labute approximate surface area is 140 Å². The van der Waals surface area contributed by atoms with Crippen LogP contribution >= 0.6 is 0 Å². The molecule has 0 saturated heterocycles. The van der Waals surface area contributed by atoms with Gasteiger partial charge >= 0.3 is 0 Å². The van der Waals surface area contributed by atoms with Gasteiger partial charge in [-0.1, -0.05) is 18.2 Å². The number of rotatable bonds is 4. The third-order valence-electron chi connectivity index (χ3n) is 3.80. The number of carbonyl (C=O) groups excluding carboxylic acids is 1. The van der Waals surface area contributed by atoms with E-state index in [1.54, 1.807) is 29.2 Å². The highest BCUT2D eigenvalue weighted by molar-refractivity contribution is 5.96. The molecule has 0 aliphatic rings. The minimum Gasteiger partial charge on any atom is -0.347 e. The molecule has 0 saturated carbocycles. The van der Waals surface area contributed by atoms with Crippen molar-refractivity contribution in [2.45, 2.75) is 13.5 Å². The third-order valence-corrected chi connectivity index (χ3v) is 3.80. The molecule has 0 fully saturated rings. The molecule has 0 aliphatic heterocycles. The summed E-state index contributed by atoms with van der Waals surface area (Å²) >= 11 is 0. The number of nitriles is 1. The monoisotopic (exact) mass is 316 g/mol. The minimum absolute atomic E-state index is 0.281. The molecule has 5 heteroatoms. The molecule has 5 nitrogen and oxygen atoms in total. The lowest BCUT2D eigenvalue weighted by molar-refractivity contribution is 0.0944. The lowest BCUT2D eigenvalue weighted by atomic mass is 10.2. The molecule has 0 radical (unpaired) electrons. The van der Waals surface area contributed by atoms with Crippen LogP contribution in [0.3, 0.4) is 0 Å². The first-order valence-corrected chi connectivity index (χ1v) is 7.55. The number of nitrogens with zero attached hydrogens (tertiary/aromatic N) is 3. The van der Waals surface area contributed by atoms with E-state index in [1.165, 1.54) is 0 Å². The van der Waals surface area contributed by atoms with Gasteiger partial charge in [0.05, 0.1) is 5.56 Å². The predicted octanol–water partition coefficient (Wildman–Crippen LogP) is 2.98. The van der Waals surface area contributed by atoms with Crippen LogP contribution < -0.4 is 5.32 Å². The smallest absolute Gasteiger partial charge is 0.269 e. The second-order valence-electron chi connectivity index (χ2n) is 5.38. The summed E-state index contributed by atoms with van der Waals surface area (Å²) in [5.41, 5.74) is 3.56. The average molecular weight is 316 g/mol. The van der Waals surface area contributed by atoms with E-state index in [9.17, 15) is 10.1 Å². The van der Waals surface area contributed by atoms with Crippen LogP contribution in [0.1, 0.15) is 27.2 Å². The van der Waals surface area contributed by atoms with E-state index in [1.807, 2.05) is 43.3 Å². The van der Waals surface area contributed by atoms with Crippen LogP contribution in [0.15, 0.2) is 61.1 Å². The van der Waals surface area contributed by atoms with Crippen molar-refractivity contribution in [1.82, 2.24) is 14.9 Å². The van der Waals surface area contributed by atoms with Gasteiger partial charge in [-0.15, -0.1) is 0 Å². The fraction of sp³-hybridized carbons (Fsp3) is 0.105. The van der Waals surface area contributed by atoms with Crippen molar-refractivity contribution in [3.8, 4) is 11.8 Å². The zero-order chi connectivity index (χ0) is 16.9. The fourth-order valence-electron chi connectivity index (χ4n) is 2.56. The van der Waals surface area contributed by atoms with Crippen LogP contribution in [0.2, 0.25) is 0 Å². The van der Waals surface area contributed by atoms with Crippen molar-refractivity contribution in [2.75, 3.05) is 0 Å². The molecule has 3 aromatic rings. The molecule has 2 heterocycles. The van der Waals surface area contributed by atoms with Crippen molar-refractivity contribution in [3.63, 3.8) is 0 Å². The molecule has 2 aromatic heterocycles. The summed E-state index contributed by atoms with van der Waals surface area (Å²) in [7, 11) is 0. The van der Waals surface area contributed by atoms with Gasteiger partial charge in [0.2, 0.25) is 0 Å². The van der Waals surface area contributed by atoms with Crippen molar-refractivity contribution >= 4 is 5.91 Å². The molecule has 3 rings (SSSR count). The Bertz CT molecular complexity index is 907. The summed E-state index contributed by atoms with van der Waals surface area (Å²) in [4.78, 5) is 16.6. The maximum atomic E-state index is 12.7.